The van der Waals surface area contributed by atoms with Crippen LogP contribution in [0.25, 0.3) is 6.08 Å². The first-order valence-electron chi connectivity index (χ1n) is 9.89. The number of rotatable bonds is 7. The van der Waals surface area contributed by atoms with Gasteiger partial charge in [0.25, 0.3) is 11.6 Å². The van der Waals surface area contributed by atoms with E-state index < -0.39 is 38.9 Å². The molecular formula is C23H12BrF3N4O6. The Hall–Kier alpha value is -4.77. The SMILES string of the molecule is N#C/C(=C\c1ccc(Oc2ccc(C(F)(F)F)cc2[N+](=O)[O-])c(Br)c1)C(=O)Nc1cccc([N+](=O)[O-])c1. The van der Waals surface area contributed by atoms with E-state index in [0.29, 0.717) is 17.7 Å². The molecule has 0 saturated heterocycles. The van der Waals surface area contributed by atoms with Gasteiger partial charge in [-0.15, -0.1) is 0 Å². The van der Waals surface area contributed by atoms with E-state index in [1.165, 1.54) is 42.5 Å². The maximum absolute atomic E-state index is 12.9. The van der Waals surface area contributed by atoms with Crippen LogP contribution in [-0.2, 0) is 11.0 Å². The van der Waals surface area contributed by atoms with Gasteiger partial charge in [-0.1, -0.05) is 12.1 Å². The van der Waals surface area contributed by atoms with Crippen molar-refractivity contribution < 1.29 is 32.5 Å². The van der Waals surface area contributed by atoms with Crippen LogP contribution in [0.2, 0.25) is 0 Å². The number of non-ortho nitro benzene ring substituents is 1. The van der Waals surface area contributed by atoms with Crippen LogP contribution in [-0.4, -0.2) is 15.8 Å². The molecule has 0 aliphatic heterocycles. The molecule has 0 aliphatic rings. The Morgan fingerprint density at radius 3 is 2.32 bits per heavy atom. The number of nitro benzene ring substituents is 2. The number of nitrogens with one attached hydrogen (secondary N) is 1. The zero-order valence-electron chi connectivity index (χ0n) is 18.2. The third-order valence-corrected chi connectivity index (χ3v) is 5.27. The van der Waals surface area contributed by atoms with Crippen molar-refractivity contribution in [2.75, 3.05) is 5.32 Å². The molecule has 1 amide bonds. The Morgan fingerprint density at radius 2 is 1.73 bits per heavy atom. The number of hydrogen-bond acceptors (Lipinski definition) is 7. The van der Waals surface area contributed by atoms with Crippen molar-refractivity contribution in [1.29, 1.82) is 5.26 Å². The topological polar surface area (TPSA) is 148 Å². The number of nitriles is 1. The minimum absolute atomic E-state index is 0.0135. The molecule has 0 saturated carbocycles. The molecule has 0 spiro atoms. The fraction of sp³-hybridized carbons (Fsp3) is 0.0435. The van der Waals surface area contributed by atoms with Crippen molar-refractivity contribution in [3.05, 3.63) is 102 Å². The highest BCUT2D eigenvalue weighted by Crippen LogP contribution is 2.39. The lowest BCUT2D eigenvalue weighted by molar-refractivity contribution is -0.385. The summed E-state index contributed by atoms with van der Waals surface area (Å²) in [7, 11) is 0. The standard InChI is InChI=1S/C23H12BrF3N4O6/c24-18-9-13(8-14(12-28)22(32)29-16-2-1-3-17(11-16)30(33)34)4-6-20(18)37-21-7-5-15(23(25,26)27)10-19(21)31(35)36/h1-11H,(H,29,32)/b14-8+. The third-order valence-electron chi connectivity index (χ3n) is 4.65. The van der Waals surface area contributed by atoms with E-state index >= 15 is 0 Å². The number of carbonyl (C=O) groups excluding carboxylic acids is 1. The first kappa shape index (κ1) is 26.8. The van der Waals surface area contributed by atoms with Gasteiger partial charge in [-0.2, -0.15) is 18.4 Å². The lowest BCUT2D eigenvalue weighted by atomic mass is 10.1. The number of nitro groups is 2. The molecule has 3 rings (SSSR count). The molecule has 0 heterocycles. The molecule has 0 fully saturated rings. The number of hydrogen-bond donors (Lipinski definition) is 1. The number of ether oxygens (including phenoxy) is 1. The Bertz CT molecular complexity index is 1480. The Balaban J connectivity index is 1.84. The fourth-order valence-electron chi connectivity index (χ4n) is 2.94. The maximum atomic E-state index is 12.9. The van der Waals surface area contributed by atoms with Crippen molar-refractivity contribution in [1.82, 2.24) is 0 Å². The highest BCUT2D eigenvalue weighted by molar-refractivity contribution is 9.10. The second-order valence-corrected chi connectivity index (χ2v) is 8.02. The monoisotopic (exact) mass is 576 g/mol. The first-order valence-corrected chi connectivity index (χ1v) is 10.7. The van der Waals surface area contributed by atoms with E-state index in [4.69, 9.17) is 4.74 Å². The van der Waals surface area contributed by atoms with Crippen LogP contribution in [0.1, 0.15) is 11.1 Å². The number of halogens is 4. The highest BCUT2D eigenvalue weighted by atomic mass is 79.9. The summed E-state index contributed by atoms with van der Waals surface area (Å²) in [6.07, 6.45) is -3.57. The van der Waals surface area contributed by atoms with E-state index in [-0.39, 0.29) is 27.2 Å². The molecule has 0 unspecified atom stereocenters. The zero-order valence-corrected chi connectivity index (χ0v) is 19.7. The van der Waals surface area contributed by atoms with E-state index in [2.05, 4.69) is 21.2 Å². The molecule has 0 aromatic heterocycles. The van der Waals surface area contributed by atoms with Crippen LogP contribution >= 0.6 is 15.9 Å². The fourth-order valence-corrected chi connectivity index (χ4v) is 3.42. The molecule has 10 nitrogen and oxygen atoms in total. The summed E-state index contributed by atoms with van der Waals surface area (Å²) in [5.41, 5.74) is -2.28. The number of anilines is 1. The predicted octanol–water partition coefficient (Wildman–Crippen LogP) is 6.62. The average Bonchev–Trinajstić information content (AvgIpc) is 2.83. The van der Waals surface area contributed by atoms with Gasteiger partial charge in [0.2, 0.25) is 5.75 Å². The van der Waals surface area contributed by atoms with Gasteiger partial charge in [0, 0.05) is 23.9 Å². The van der Waals surface area contributed by atoms with Gasteiger partial charge in [-0.05, 0) is 57.9 Å². The molecule has 14 heteroatoms. The summed E-state index contributed by atoms with van der Waals surface area (Å²) < 4.78 is 44.4. The smallest absolute Gasteiger partial charge is 0.416 e. The first-order chi connectivity index (χ1) is 17.4. The summed E-state index contributed by atoms with van der Waals surface area (Å²) in [5, 5.41) is 33.9. The quantitative estimate of drug-likeness (QED) is 0.144. The Labute approximate surface area is 214 Å². The summed E-state index contributed by atoms with van der Waals surface area (Å²) in [6, 6.07) is 12.8. The number of carbonyl (C=O) groups is 1. The van der Waals surface area contributed by atoms with Crippen molar-refractivity contribution >= 4 is 45.0 Å². The van der Waals surface area contributed by atoms with Gasteiger partial charge in [0.1, 0.15) is 17.4 Å². The number of alkyl halides is 3. The highest BCUT2D eigenvalue weighted by Gasteiger charge is 2.33. The van der Waals surface area contributed by atoms with Gasteiger partial charge in [0.15, 0.2) is 0 Å². The van der Waals surface area contributed by atoms with Crippen LogP contribution in [0.3, 0.4) is 0 Å². The van der Waals surface area contributed by atoms with Crippen LogP contribution in [0, 0.1) is 31.6 Å². The van der Waals surface area contributed by atoms with E-state index in [0.717, 1.165) is 12.1 Å². The molecular weight excluding hydrogens is 565 g/mol. The van der Waals surface area contributed by atoms with Crippen molar-refractivity contribution in [3.63, 3.8) is 0 Å². The minimum atomic E-state index is -4.78. The van der Waals surface area contributed by atoms with Gasteiger partial charge >= 0.3 is 11.9 Å². The van der Waals surface area contributed by atoms with Crippen molar-refractivity contribution in [2.24, 2.45) is 0 Å². The van der Waals surface area contributed by atoms with Crippen LogP contribution in [0.15, 0.2) is 70.7 Å². The molecule has 0 bridgehead atoms. The number of benzene rings is 3. The van der Waals surface area contributed by atoms with E-state index in [1.54, 1.807) is 6.07 Å². The van der Waals surface area contributed by atoms with E-state index in [1.807, 2.05) is 0 Å². The van der Waals surface area contributed by atoms with Gasteiger partial charge < -0.3 is 10.1 Å². The van der Waals surface area contributed by atoms with E-state index in [9.17, 15) is 43.5 Å². The van der Waals surface area contributed by atoms with Crippen molar-refractivity contribution in [2.45, 2.75) is 6.18 Å². The third kappa shape index (κ3) is 6.67. The Kier molecular flexibility index (Phi) is 7.88. The molecule has 1 N–H and O–H groups in total. The molecule has 188 valence electrons. The lowest BCUT2D eigenvalue weighted by Crippen LogP contribution is -2.13. The van der Waals surface area contributed by atoms with Crippen LogP contribution in [0.4, 0.5) is 30.2 Å². The summed E-state index contributed by atoms with van der Waals surface area (Å²) in [5.74, 6) is -1.25. The molecule has 0 atom stereocenters. The number of amides is 1. The largest absolute Gasteiger partial charge is 0.449 e. The lowest BCUT2D eigenvalue weighted by Gasteiger charge is -2.11. The summed E-state index contributed by atoms with van der Waals surface area (Å²) in [4.78, 5) is 33.0. The minimum Gasteiger partial charge on any atom is -0.449 e. The van der Waals surface area contributed by atoms with Gasteiger partial charge in [-0.3, -0.25) is 25.0 Å². The average molecular weight is 577 g/mol. The van der Waals surface area contributed by atoms with Crippen LogP contribution < -0.4 is 10.1 Å². The molecule has 3 aromatic carbocycles. The molecule has 0 aliphatic carbocycles. The molecule has 37 heavy (non-hydrogen) atoms. The molecule has 3 aromatic rings. The second-order valence-electron chi connectivity index (χ2n) is 7.16. The number of nitrogens with zero attached hydrogens (tertiary/aromatic N) is 3. The summed E-state index contributed by atoms with van der Waals surface area (Å²) >= 11 is 3.19. The van der Waals surface area contributed by atoms with Crippen molar-refractivity contribution in [3.8, 4) is 17.6 Å². The normalized spacial score (nSPS) is 11.4. The van der Waals surface area contributed by atoms with Gasteiger partial charge in [0.05, 0.1) is 19.9 Å². The predicted molar refractivity (Wildman–Crippen MR) is 128 cm³/mol. The second kappa shape index (κ2) is 10.9. The Morgan fingerprint density at radius 1 is 1.03 bits per heavy atom. The van der Waals surface area contributed by atoms with Gasteiger partial charge in [-0.25, -0.2) is 0 Å². The zero-order chi connectivity index (χ0) is 27.3. The maximum Gasteiger partial charge on any atom is 0.416 e. The summed E-state index contributed by atoms with van der Waals surface area (Å²) in [6.45, 7) is 0. The van der Waals surface area contributed by atoms with Crippen LogP contribution in [0.5, 0.6) is 11.5 Å². The molecule has 0 radical (unpaired) electrons.